The van der Waals surface area contributed by atoms with Crippen molar-refractivity contribution in [2.75, 3.05) is 12.4 Å². The molecule has 1 saturated carbocycles. The first-order chi connectivity index (χ1) is 13.9. The molecule has 0 unspecified atom stereocenters. The minimum absolute atomic E-state index is 0.108. The topological polar surface area (TPSA) is 78.8 Å². The molecule has 0 atom stereocenters. The molecule has 5 nitrogen and oxygen atoms in total. The fourth-order valence-corrected chi connectivity index (χ4v) is 3.64. The number of ether oxygens (including phenoxy) is 1. The van der Waals surface area contributed by atoms with Crippen LogP contribution in [0.2, 0.25) is 0 Å². The molecular weight excluding hydrogens is 366 g/mol. The standard InChI is InChI=1S/C24H23NO4/c1-15-7-8-16(18-5-3-4-6-22(18)29-2)13-19(15)25-23(28)24(11-12-24)17-9-10-20(26)21(27)14-17/h3-10,13-14,26-27H,11-12H2,1-2H3,(H,25,28). The molecule has 3 aromatic carbocycles. The van der Waals surface area contributed by atoms with E-state index in [1.165, 1.54) is 12.1 Å². The maximum Gasteiger partial charge on any atom is 0.235 e. The predicted molar refractivity (Wildman–Crippen MR) is 112 cm³/mol. The molecular formula is C24H23NO4. The third-order valence-corrected chi connectivity index (χ3v) is 5.62. The van der Waals surface area contributed by atoms with Gasteiger partial charge in [-0.2, -0.15) is 0 Å². The van der Waals surface area contributed by atoms with E-state index in [0.29, 0.717) is 18.4 Å². The summed E-state index contributed by atoms with van der Waals surface area (Å²) in [5, 5.41) is 22.5. The average molecular weight is 389 g/mol. The Bertz CT molecular complexity index is 1090. The average Bonchev–Trinajstić information content (AvgIpc) is 3.54. The number of benzene rings is 3. The van der Waals surface area contributed by atoms with E-state index in [0.717, 1.165) is 28.1 Å². The van der Waals surface area contributed by atoms with Crippen LogP contribution in [0, 0.1) is 6.92 Å². The summed E-state index contributed by atoms with van der Waals surface area (Å²) in [5.74, 6) is 0.260. The molecule has 1 aliphatic rings. The Labute approximate surface area is 169 Å². The van der Waals surface area contributed by atoms with Gasteiger partial charge in [-0.3, -0.25) is 4.79 Å². The van der Waals surface area contributed by atoms with Crippen LogP contribution in [0.15, 0.2) is 60.7 Å². The zero-order valence-corrected chi connectivity index (χ0v) is 16.4. The minimum atomic E-state index is -0.669. The van der Waals surface area contributed by atoms with Crippen molar-refractivity contribution in [1.29, 1.82) is 0 Å². The quantitative estimate of drug-likeness (QED) is 0.550. The Hall–Kier alpha value is -3.47. The second-order valence-corrected chi connectivity index (χ2v) is 7.47. The molecule has 1 aliphatic carbocycles. The molecule has 0 aromatic heterocycles. The number of hydrogen-bond donors (Lipinski definition) is 3. The Kier molecular flexibility index (Phi) is 4.66. The van der Waals surface area contributed by atoms with Crippen molar-refractivity contribution in [2.24, 2.45) is 0 Å². The van der Waals surface area contributed by atoms with Crippen molar-refractivity contribution in [3.05, 3.63) is 71.8 Å². The maximum atomic E-state index is 13.1. The molecule has 3 N–H and O–H groups in total. The van der Waals surface area contributed by atoms with Gasteiger partial charge in [0.05, 0.1) is 12.5 Å². The van der Waals surface area contributed by atoms with Crippen LogP contribution in [0.4, 0.5) is 5.69 Å². The molecule has 0 heterocycles. The number of amides is 1. The Morgan fingerprint density at radius 2 is 1.76 bits per heavy atom. The number of rotatable bonds is 5. The van der Waals surface area contributed by atoms with Gasteiger partial charge in [0.15, 0.2) is 11.5 Å². The third-order valence-electron chi connectivity index (χ3n) is 5.62. The van der Waals surface area contributed by atoms with Gasteiger partial charge in [-0.25, -0.2) is 0 Å². The predicted octanol–water partition coefficient (Wildman–Crippen LogP) is 4.75. The van der Waals surface area contributed by atoms with Crippen LogP contribution >= 0.6 is 0 Å². The highest BCUT2D eigenvalue weighted by Crippen LogP contribution is 2.50. The maximum absolute atomic E-state index is 13.1. The lowest BCUT2D eigenvalue weighted by Crippen LogP contribution is -2.28. The molecule has 5 heteroatoms. The number of para-hydroxylation sites is 1. The number of carbonyl (C=O) groups is 1. The molecule has 29 heavy (non-hydrogen) atoms. The molecule has 1 fully saturated rings. The first-order valence-corrected chi connectivity index (χ1v) is 9.52. The van der Waals surface area contributed by atoms with Gasteiger partial charge in [0.1, 0.15) is 5.75 Å². The number of phenols is 2. The first-order valence-electron chi connectivity index (χ1n) is 9.52. The number of nitrogens with one attached hydrogen (secondary N) is 1. The van der Waals surface area contributed by atoms with Gasteiger partial charge in [0.25, 0.3) is 0 Å². The lowest BCUT2D eigenvalue weighted by Gasteiger charge is -2.18. The molecule has 0 saturated heterocycles. The summed E-state index contributed by atoms with van der Waals surface area (Å²) in [6.45, 7) is 1.95. The van der Waals surface area contributed by atoms with Gasteiger partial charge in [-0.05, 0) is 60.7 Å². The Morgan fingerprint density at radius 3 is 2.45 bits per heavy atom. The molecule has 148 valence electrons. The van der Waals surface area contributed by atoms with Crippen molar-refractivity contribution in [2.45, 2.75) is 25.2 Å². The van der Waals surface area contributed by atoms with Crippen molar-refractivity contribution >= 4 is 11.6 Å². The second kappa shape index (κ2) is 7.17. The van der Waals surface area contributed by atoms with Crippen molar-refractivity contribution in [3.63, 3.8) is 0 Å². The van der Waals surface area contributed by atoms with Crippen LogP contribution in [0.1, 0.15) is 24.0 Å². The highest BCUT2D eigenvalue weighted by molar-refractivity contribution is 6.02. The van der Waals surface area contributed by atoms with Gasteiger partial charge in [0, 0.05) is 11.3 Å². The van der Waals surface area contributed by atoms with Crippen LogP contribution in [-0.2, 0) is 10.2 Å². The highest BCUT2D eigenvalue weighted by Gasteiger charge is 2.51. The smallest absolute Gasteiger partial charge is 0.235 e. The molecule has 0 radical (unpaired) electrons. The number of carbonyl (C=O) groups excluding carboxylic acids is 1. The lowest BCUT2D eigenvalue weighted by molar-refractivity contribution is -0.118. The van der Waals surface area contributed by atoms with Gasteiger partial charge in [-0.1, -0.05) is 36.4 Å². The third kappa shape index (κ3) is 3.40. The van der Waals surface area contributed by atoms with E-state index >= 15 is 0 Å². The SMILES string of the molecule is COc1ccccc1-c1ccc(C)c(NC(=O)C2(c3ccc(O)c(O)c3)CC2)c1. The van der Waals surface area contributed by atoms with E-state index in [1.54, 1.807) is 13.2 Å². The number of hydrogen-bond acceptors (Lipinski definition) is 4. The summed E-state index contributed by atoms with van der Waals surface area (Å²) in [5.41, 5.74) is 3.65. The van der Waals surface area contributed by atoms with E-state index in [-0.39, 0.29) is 17.4 Å². The number of anilines is 1. The van der Waals surface area contributed by atoms with Crippen molar-refractivity contribution < 1.29 is 19.7 Å². The fourth-order valence-electron chi connectivity index (χ4n) is 3.64. The van der Waals surface area contributed by atoms with Crippen LogP contribution in [0.3, 0.4) is 0 Å². The molecule has 1 amide bonds. The molecule has 4 rings (SSSR count). The Morgan fingerprint density at radius 1 is 1.00 bits per heavy atom. The molecule has 0 spiro atoms. The normalized spacial score (nSPS) is 14.3. The highest BCUT2D eigenvalue weighted by atomic mass is 16.5. The zero-order valence-electron chi connectivity index (χ0n) is 16.4. The summed E-state index contributed by atoms with van der Waals surface area (Å²) < 4.78 is 5.46. The number of aromatic hydroxyl groups is 2. The first kappa shape index (κ1) is 18.9. The van der Waals surface area contributed by atoms with E-state index in [4.69, 9.17) is 4.74 Å². The van der Waals surface area contributed by atoms with Gasteiger partial charge in [0.2, 0.25) is 5.91 Å². The summed E-state index contributed by atoms with van der Waals surface area (Å²) >= 11 is 0. The molecule has 0 aliphatic heterocycles. The number of phenolic OH excluding ortho intramolecular Hbond substituents is 2. The summed E-state index contributed by atoms with van der Waals surface area (Å²) in [7, 11) is 1.64. The minimum Gasteiger partial charge on any atom is -0.504 e. The lowest BCUT2D eigenvalue weighted by atomic mass is 9.94. The van der Waals surface area contributed by atoms with E-state index in [2.05, 4.69) is 5.32 Å². The van der Waals surface area contributed by atoms with Crippen molar-refractivity contribution in [3.8, 4) is 28.4 Å². The number of methoxy groups -OCH3 is 1. The Balaban J connectivity index is 1.64. The van der Waals surface area contributed by atoms with E-state index < -0.39 is 5.41 Å². The van der Waals surface area contributed by atoms with E-state index in [1.807, 2.05) is 49.4 Å². The van der Waals surface area contributed by atoms with Crippen LogP contribution in [0.25, 0.3) is 11.1 Å². The van der Waals surface area contributed by atoms with Gasteiger partial charge < -0.3 is 20.3 Å². The van der Waals surface area contributed by atoms with Crippen molar-refractivity contribution in [1.82, 2.24) is 0 Å². The summed E-state index contributed by atoms with van der Waals surface area (Å²) in [4.78, 5) is 13.1. The van der Waals surface area contributed by atoms with Gasteiger partial charge >= 0.3 is 0 Å². The van der Waals surface area contributed by atoms with Crippen LogP contribution in [0.5, 0.6) is 17.2 Å². The molecule has 3 aromatic rings. The largest absolute Gasteiger partial charge is 0.504 e. The summed E-state index contributed by atoms with van der Waals surface area (Å²) in [6.07, 6.45) is 1.41. The van der Waals surface area contributed by atoms with E-state index in [9.17, 15) is 15.0 Å². The second-order valence-electron chi connectivity index (χ2n) is 7.47. The van der Waals surface area contributed by atoms with Gasteiger partial charge in [-0.15, -0.1) is 0 Å². The monoisotopic (exact) mass is 389 g/mol. The molecule has 0 bridgehead atoms. The summed E-state index contributed by atoms with van der Waals surface area (Å²) in [6, 6.07) is 18.3. The fraction of sp³-hybridized carbons (Fsp3) is 0.208. The van der Waals surface area contributed by atoms with Crippen LogP contribution in [-0.4, -0.2) is 23.2 Å². The van der Waals surface area contributed by atoms with Crippen LogP contribution < -0.4 is 10.1 Å². The zero-order chi connectivity index (χ0) is 20.6. The number of aryl methyl sites for hydroxylation is 1.